The topological polar surface area (TPSA) is 156 Å². The Bertz CT molecular complexity index is 1330. The first-order valence-corrected chi connectivity index (χ1v) is 11.9. The average Bonchev–Trinajstić information content (AvgIpc) is 3.35. The molecule has 0 N–H and O–H groups in total. The number of hydrogen-bond donors (Lipinski definition) is 0. The van der Waals surface area contributed by atoms with Gasteiger partial charge in [-0.1, -0.05) is 12.2 Å². The van der Waals surface area contributed by atoms with E-state index in [1.807, 2.05) is 0 Å². The molecule has 13 heteroatoms. The van der Waals surface area contributed by atoms with Crippen LogP contribution in [0, 0.1) is 22.9 Å². The molecule has 0 bridgehead atoms. The highest BCUT2D eigenvalue weighted by molar-refractivity contribution is 7.71. The lowest BCUT2D eigenvalue weighted by atomic mass is 9.96. The van der Waals surface area contributed by atoms with Gasteiger partial charge in [0.05, 0.1) is 11.8 Å². The van der Waals surface area contributed by atoms with Gasteiger partial charge >= 0.3 is 23.9 Å². The van der Waals surface area contributed by atoms with Gasteiger partial charge in [-0.3, -0.25) is 19.2 Å². The summed E-state index contributed by atoms with van der Waals surface area (Å²) in [7, 11) is 0. The van der Waals surface area contributed by atoms with Crippen LogP contribution in [0.4, 0.5) is 0 Å². The quantitative estimate of drug-likeness (QED) is 0.285. The third kappa shape index (κ3) is 6.27. The van der Waals surface area contributed by atoms with E-state index in [9.17, 15) is 24.4 Å². The molecule has 0 spiro atoms. The van der Waals surface area contributed by atoms with Crippen LogP contribution in [-0.2, 0) is 42.9 Å². The lowest BCUT2D eigenvalue weighted by Crippen LogP contribution is -2.60. The SMILES string of the molecule is CC(=O)OC[C@@H]1O[C@H](n2c(C)cc(-c3ccco3)c(C#N)c2=S)[C@H](OC(C)=O)[C@H](OC(C)=O)[C@@H]1OC(C)=O. The number of nitriles is 1. The average molecular weight is 547 g/mol. The van der Waals surface area contributed by atoms with Crippen LogP contribution in [0.3, 0.4) is 0 Å². The van der Waals surface area contributed by atoms with E-state index in [0.29, 0.717) is 17.0 Å². The van der Waals surface area contributed by atoms with Crippen LogP contribution in [0.2, 0.25) is 0 Å². The molecule has 0 amide bonds. The van der Waals surface area contributed by atoms with Crippen LogP contribution in [0.15, 0.2) is 28.9 Å². The molecule has 0 saturated carbocycles. The van der Waals surface area contributed by atoms with Gasteiger partial charge in [-0.15, -0.1) is 0 Å². The summed E-state index contributed by atoms with van der Waals surface area (Å²) in [6.45, 7) is 5.87. The molecule has 3 heterocycles. The number of furan rings is 1. The number of aromatic nitrogens is 1. The van der Waals surface area contributed by atoms with Crippen molar-refractivity contribution in [1.29, 1.82) is 5.26 Å². The van der Waals surface area contributed by atoms with E-state index in [2.05, 4.69) is 6.07 Å². The molecule has 0 radical (unpaired) electrons. The summed E-state index contributed by atoms with van der Waals surface area (Å²) in [5.41, 5.74) is 0.983. The maximum atomic E-state index is 12.2. The van der Waals surface area contributed by atoms with Crippen molar-refractivity contribution in [3.8, 4) is 17.4 Å². The number of ether oxygens (including phenoxy) is 5. The number of hydrogen-bond acceptors (Lipinski definition) is 12. The summed E-state index contributed by atoms with van der Waals surface area (Å²) < 4.78 is 34.6. The van der Waals surface area contributed by atoms with E-state index < -0.39 is 61.1 Å². The summed E-state index contributed by atoms with van der Waals surface area (Å²) in [4.78, 5) is 47.8. The Kier molecular flexibility index (Phi) is 9.03. The highest BCUT2D eigenvalue weighted by Gasteiger charge is 2.53. The van der Waals surface area contributed by atoms with Crippen molar-refractivity contribution >= 4 is 36.1 Å². The number of nitrogens with zero attached hydrogens (tertiary/aromatic N) is 2. The molecular formula is C25H26N2O10S. The van der Waals surface area contributed by atoms with Crippen LogP contribution in [0.5, 0.6) is 0 Å². The molecule has 5 atom stereocenters. The molecule has 3 rings (SSSR count). The molecule has 1 aliphatic heterocycles. The van der Waals surface area contributed by atoms with Gasteiger partial charge in [-0.2, -0.15) is 5.26 Å². The number of esters is 4. The van der Waals surface area contributed by atoms with Gasteiger partial charge in [0, 0.05) is 39.0 Å². The zero-order valence-corrected chi connectivity index (χ0v) is 22.1. The highest BCUT2D eigenvalue weighted by atomic mass is 32.1. The fraction of sp³-hybridized carbons (Fsp3) is 0.440. The van der Waals surface area contributed by atoms with E-state index in [1.54, 1.807) is 25.1 Å². The Labute approximate surface area is 223 Å². The Morgan fingerprint density at radius 3 is 2.13 bits per heavy atom. The third-order valence-electron chi connectivity index (χ3n) is 5.55. The molecule has 202 valence electrons. The van der Waals surface area contributed by atoms with E-state index in [1.165, 1.54) is 17.8 Å². The predicted octanol–water partition coefficient (Wildman–Crippen LogP) is 2.91. The second-order valence-electron chi connectivity index (χ2n) is 8.43. The minimum absolute atomic E-state index is 0.0137. The van der Waals surface area contributed by atoms with Crippen molar-refractivity contribution in [3.05, 3.63) is 40.4 Å². The lowest BCUT2D eigenvalue weighted by molar-refractivity contribution is -0.269. The van der Waals surface area contributed by atoms with Crippen LogP contribution in [0.25, 0.3) is 11.3 Å². The summed E-state index contributed by atoms with van der Waals surface area (Å²) in [6, 6.07) is 7.04. The Morgan fingerprint density at radius 1 is 1.00 bits per heavy atom. The van der Waals surface area contributed by atoms with Crippen LogP contribution in [0.1, 0.15) is 45.2 Å². The maximum Gasteiger partial charge on any atom is 0.303 e. The van der Waals surface area contributed by atoms with Gasteiger partial charge in [-0.25, -0.2) is 0 Å². The van der Waals surface area contributed by atoms with E-state index in [4.69, 9.17) is 40.3 Å². The van der Waals surface area contributed by atoms with Crippen molar-refractivity contribution in [2.75, 3.05) is 6.61 Å². The molecule has 1 fully saturated rings. The second kappa shape index (κ2) is 12.0. The van der Waals surface area contributed by atoms with Gasteiger partial charge in [0.2, 0.25) is 0 Å². The molecule has 1 aliphatic rings. The Hall–Kier alpha value is -4.02. The molecule has 1 saturated heterocycles. The van der Waals surface area contributed by atoms with Crippen molar-refractivity contribution < 1.29 is 47.3 Å². The number of rotatable bonds is 7. The predicted molar refractivity (Wildman–Crippen MR) is 130 cm³/mol. The Morgan fingerprint density at radius 2 is 1.61 bits per heavy atom. The first-order valence-electron chi connectivity index (χ1n) is 11.4. The summed E-state index contributed by atoms with van der Waals surface area (Å²) in [5.74, 6) is -2.49. The fourth-order valence-corrected chi connectivity index (χ4v) is 4.61. The number of carbonyl (C=O) groups is 4. The van der Waals surface area contributed by atoms with Gasteiger partial charge in [0.15, 0.2) is 24.5 Å². The van der Waals surface area contributed by atoms with Crippen LogP contribution in [-0.4, -0.2) is 59.5 Å². The summed E-state index contributed by atoms with van der Waals surface area (Å²) in [5, 5.41) is 9.95. The number of aryl methyl sites for hydroxylation is 1. The van der Waals surface area contributed by atoms with Gasteiger partial charge < -0.3 is 32.7 Å². The van der Waals surface area contributed by atoms with Crippen molar-refractivity contribution in [1.82, 2.24) is 4.57 Å². The van der Waals surface area contributed by atoms with Crippen molar-refractivity contribution in [2.45, 2.75) is 65.3 Å². The lowest BCUT2D eigenvalue weighted by Gasteiger charge is -2.45. The summed E-state index contributed by atoms with van der Waals surface area (Å²) in [6.07, 6.45) is -5.06. The second-order valence-corrected chi connectivity index (χ2v) is 8.82. The zero-order valence-electron chi connectivity index (χ0n) is 21.3. The Balaban J connectivity index is 2.24. The fourth-order valence-electron chi connectivity index (χ4n) is 4.21. The normalized spacial score (nSPS) is 22.6. The number of pyridine rings is 1. The third-order valence-corrected chi connectivity index (χ3v) is 5.96. The molecule has 0 aromatic carbocycles. The van der Waals surface area contributed by atoms with Crippen molar-refractivity contribution in [3.63, 3.8) is 0 Å². The van der Waals surface area contributed by atoms with E-state index in [-0.39, 0.29) is 10.2 Å². The van der Waals surface area contributed by atoms with E-state index in [0.717, 1.165) is 20.8 Å². The smallest absolute Gasteiger partial charge is 0.303 e. The van der Waals surface area contributed by atoms with Gasteiger partial charge in [0.25, 0.3) is 0 Å². The largest absolute Gasteiger partial charge is 0.464 e. The van der Waals surface area contributed by atoms with E-state index >= 15 is 0 Å². The minimum Gasteiger partial charge on any atom is -0.464 e. The summed E-state index contributed by atoms with van der Waals surface area (Å²) >= 11 is 5.66. The van der Waals surface area contributed by atoms with Crippen LogP contribution < -0.4 is 0 Å². The first-order chi connectivity index (χ1) is 17.9. The molecule has 0 aliphatic carbocycles. The molecule has 12 nitrogen and oxygen atoms in total. The molecule has 2 aromatic heterocycles. The standard InChI is InChI=1S/C25H26N2O10S/c1-12-9-17(19-7-6-8-32-19)18(10-26)25(38)27(12)24-23(36-16(5)31)22(35-15(4)30)21(34-14(3)29)20(37-24)11-33-13(2)28/h6-9,20-24H,11H2,1-5H3/t20-,21+,22+,23+,24-/m0/s1. The molecular weight excluding hydrogens is 520 g/mol. The molecule has 0 unspecified atom stereocenters. The highest BCUT2D eigenvalue weighted by Crippen LogP contribution is 2.37. The monoisotopic (exact) mass is 546 g/mol. The number of carbonyl (C=O) groups excluding carboxylic acids is 4. The van der Waals surface area contributed by atoms with Gasteiger partial charge in [-0.05, 0) is 25.1 Å². The minimum atomic E-state index is -1.38. The van der Waals surface area contributed by atoms with Crippen molar-refractivity contribution in [2.24, 2.45) is 0 Å². The van der Waals surface area contributed by atoms with Gasteiger partial charge in [0.1, 0.15) is 29.2 Å². The maximum absolute atomic E-state index is 12.2. The van der Waals surface area contributed by atoms with Crippen LogP contribution >= 0.6 is 12.2 Å². The molecule has 2 aromatic rings. The zero-order chi connectivity index (χ0) is 28.1. The molecule has 38 heavy (non-hydrogen) atoms. The first kappa shape index (κ1) is 28.5.